The first-order chi connectivity index (χ1) is 9.34. The lowest BCUT2D eigenvalue weighted by Crippen LogP contribution is -2.33. The van der Waals surface area contributed by atoms with Crippen molar-refractivity contribution in [3.8, 4) is 0 Å². The van der Waals surface area contributed by atoms with Gasteiger partial charge in [-0.15, -0.1) is 0 Å². The zero-order valence-electron chi connectivity index (χ0n) is 11.3. The van der Waals surface area contributed by atoms with Crippen LogP contribution in [0.1, 0.15) is 42.3 Å². The second kappa shape index (κ2) is 5.53. The van der Waals surface area contributed by atoms with Gasteiger partial charge in [-0.25, -0.2) is 0 Å². The molecule has 0 unspecified atom stereocenters. The lowest BCUT2D eigenvalue weighted by atomic mass is 9.97. The van der Waals surface area contributed by atoms with Crippen LogP contribution in [0.3, 0.4) is 0 Å². The van der Waals surface area contributed by atoms with Crippen LogP contribution in [0.2, 0.25) is 0 Å². The summed E-state index contributed by atoms with van der Waals surface area (Å²) in [6.45, 7) is 4.19. The van der Waals surface area contributed by atoms with Crippen LogP contribution in [-0.2, 0) is 6.54 Å². The molecule has 0 bridgehead atoms. The zero-order chi connectivity index (χ0) is 13.1. The third kappa shape index (κ3) is 2.68. The van der Waals surface area contributed by atoms with E-state index in [-0.39, 0.29) is 0 Å². The van der Waals surface area contributed by atoms with Crippen molar-refractivity contribution in [3.05, 3.63) is 47.5 Å². The molecule has 1 aliphatic heterocycles. The summed E-state index contributed by atoms with van der Waals surface area (Å²) in [5, 5.41) is 7.35. The van der Waals surface area contributed by atoms with Gasteiger partial charge in [-0.05, 0) is 44.0 Å². The molecule has 2 aromatic rings. The third-order valence-corrected chi connectivity index (χ3v) is 3.91. The first-order valence-corrected chi connectivity index (χ1v) is 6.98. The Morgan fingerprint density at radius 1 is 1.37 bits per heavy atom. The topological polar surface area (TPSA) is 44.8 Å². The minimum atomic E-state index is 0.457. The van der Waals surface area contributed by atoms with Gasteiger partial charge in [0, 0.05) is 12.7 Å². The fraction of sp³-hybridized carbons (Fsp3) is 0.467. The van der Waals surface area contributed by atoms with Crippen LogP contribution in [0, 0.1) is 6.92 Å². The van der Waals surface area contributed by atoms with Crippen molar-refractivity contribution in [1.29, 1.82) is 0 Å². The number of hydrogen-bond donors (Lipinski definition) is 1. The van der Waals surface area contributed by atoms with Gasteiger partial charge in [0.15, 0.2) is 0 Å². The molecule has 1 fully saturated rings. The molecule has 0 radical (unpaired) electrons. The van der Waals surface area contributed by atoms with Crippen LogP contribution in [0.4, 0.5) is 0 Å². The number of hydrogen-bond acceptors (Lipinski definition) is 3. The SMILES string of the molecule is Cc1cn[nH]c1[C@@H]1CCCCN1Cc1ccccn1. The molecule has 0 spiro atoms. The van der Waals surface area contributed by atoms with Crippen LogP contribution < -0.4 is 0 Å². The van der Waals surface area contributed by atoms with Gasteiger partial charge in [0.1, 0.15) is 0 Å². The number of nitrogens with zero attached hydrogens (tertiary/aromatic N) is 3. The maximum atomic E-state index is 4.44. The molecule has 0 amide bonds. The van der Waals surface area contributed by atoms with E-state index in [1.807, 2.05) is 18.5 Å². The van der Waals surface area contributed by atoms with Crippen molar-refractivity contribution in [2.24, 2.45) is 0 Å². The number of H-pyrrole nitrogens is 1. The molecule has 0 saturated carbocycles. The average Bonchev–Trinajstić information content (AvgIpc) is 2.87. The quantitative estimate of drug-likeness (QED) is 0.918. The van der Waals surface area contributed by atoms with Crippen LogP contribution >= 0.6 is 0 Å². The summed E-state index contributed by atoms with van der Waals surface area (Å²) in [6.07, 6.45) is 7.56. The Labute approximate surface area is 113 Å². The fourth-order valence-corrected chi connectivity index (χ4v) is 2.90. The molecule has 2 aromatic heterocycles. The fourth-order valence-electron chi connectivity index (χ4n) is 2.90. The van der Waals surface area contributed by atoms with Crippen LogP contribution in [-0.4, -0.2) is 26.6 Å². The number of rotatable bonds is 3. The van der Waals surface area contributed by atoms with Gasteiger partial charge < -0.3 is 0 Å². The Hall–Kier alpha value is -1.68. The molecule has 100 valence electrons. The summed E-state index contributed by atoms with van der Waals surface area (Å²) in [5.41, 5.74) is 3.68. The van der Waals surface area contributed by atoms with Crippen molar-refractivity contribution < 1.29 is 0 Å². The van der Waals surface area contributed by atoms with Gasteiger partial charge in [0.2, 0.25) is 0 Å². The maximum Gasteiger partial charge on any atom is 0.0553 e. The van der Waals surface area contributed by atoms with Crippen LogP contribution in [0.15, 0.2) is 30.6 Å². The van der Waals surface area contributed by atoms with E-state index >= 15 is 0 Å². The molecule has 0 aromatic carbocycles. The summed E-state index contributed by atoms with van der Waals surface area (Å²) in [5.74, 6) is 0. The smallest absolute Gasteiger partial charge is 0.0553 e. The number of aromatic amines is 1. The Bertz CT molecular complexity index is 520. The normalized spacial score (nSPS) is 20.6. The van der Waals surface area contributed by atoms with Crippen LogP contribution in [0.5, 0.6) is 0 Å². The van der Waals surface area contributed by atoms with Crippen LogP contribution in [0.25, 0.3) is 0 Å². The second-order valence-corrected chi connectivity index (χ2v) is 5.27. The first-order valence-electron chi connectivity index (χ1n) is 6.98. The van der Waals surface area contributed by atoms with E-state index in [4.69, 9.17) is 0 Å². The Morgan fingerprint density at radius 2 is 2.32 bits per heavy atom. The number of pyridine rings is 1. The van der Waals surface area contributed by atoms with Gasteiger partial charge in [0.25, 0.3) is 0 Å². The zero-order valence-corrected chi connectivity index (χ0v) is 11.3. The van der Waals surface area contributed by atoms with E-state index in [0.717, 1.165) is 18.8 Å². The molecular formula is C15H20N4. The molecule has 1 aliphatic rings. The summed E-state index contributed by atoms with van der Waals surface area (Å²) in [6, 6.07) is 6.59. The predicted molar refractivity (Wildman–Crippen MR) is 74.6 cm³/mol. The molecule has 1 saturated heterocycles. The van der Waals surface area contributed by atoms with E-state index in [1.165, 1.54) is 30.5 Å². The maximum absolute atomic E-state index is 4.44. The van der Waals surface area contributed by atoms with Crippen molar-refractivity contribution in [2.75, 3.05) is 6.54 Å². The van der Waals surface area contributed by atoms with E-state index in [0.29, 0.717) is 6.04 Å². The van der Waals surface area contributed by atoms with Gasteiger partial charge in [0.05, 0.1) is 23.6 Å². The molecular weight excluding hydrogens is 236 g/mol. The van der Waals surface area contributed by atoms with Crippen molar-refractivity contribution in [3.63, 3.8) is 0 Å². The number of piperidine rings is 1. The lowest BCUT2D eigenvalue weighted by molar-refractivity contribution is 0.135. The largest absolute Gasteiger partial charge is 0.289 e. The average molecular weight is 256 g/mol. The Balaban J connectivity index is 1.80. The summed E-state index contributed by atoms with van der Waals surface area (Å²) < 4.78 is 0. The highest BCUT2D eigenvalue weighted by molar-refractivity contribution is 5.19. The number of aryl methyl sites for hydroxylation is 1. The van der Waals surface area contributed by atoms with E-state index in [1.54, 1.807) is 0 Å². The third-order valence-electron chi connectivity index (χ3n) is 3.91. The summed E-state index contributed by atoms with van der Waals surface area (Å²) >= 11 is 0. The lowest BCUT2D eigenvalue weighted by Gasteiger charge is -2.35. The highest BCUT2D eigenvalue weighted by Gasteiger charge is 2.26. The molecule has 1 atom stereocenters. The summed E-state index contributed by atoms with van der Waals surface area (Å²) in [7, 11) is 0. The molecule has 4 nitrogen and oxygen atoms in total. The molecule has 4 heteroatoms. The van der Waals surface area contributed by atoms with Gasteiger partial charge in [-0.3, -0.25) is 15.0 Å². The van der Waals surface area contributed by atoms with E-state index < -0.39 is 0 Å². The number of aromatic nitrogens is 3. The minimum absolute atomic E-state index is 0.457. The monoisotopic (exact) mass is 256 g/mol. The second-order valence-electron chi connectivity index (χ2n) is 5.27. The predicted octanol–water partition coefficient (Wildman–Crippen LogP) is 2.84. The number of nitrogens with one attached hydrogen (secondary N) is 1. The highest BCUT2D eigenvalue weighted by Crippen LogP contribution is 2.32. The van der Waals surface area contributed by atoms with Gasteiger partial charge in [-0.1, -0.05) is 12.5 Å². The first kappa shape index (κ1) is 12.4. The molecule has 3 rings (SSSR count). The van der Waals surface area contributed by atoms with Crippen molar-refractivity contribution in [2.45, 2.75) is 38.8 Å². The van der Waals surface area contributed by atoms with Gasteiger partial charge in [-0.2, -0.15) is 5.10 Å². The molecule has 19 heavy (non-hydrogen) atoms. The molecule has 1 N–H and O–H groups in total. The molecule has 0 aliphatic carbocycles. The standard InChI is InChI=1S/C15H20N4/c1-12-10-17-18-15(12)14-7-3-5-9-19(14)11-13-6-2-4-8-16-13/h2,4,6,8,10,14H,3,5,7,9,11H2,1H3,(H,17,18)/t14-/m0/s1. The van der Waals surface area contributed by atoms with E-state index in [9.17, 15) is 0 Å². The Kier molecular flexibility index (Phi) is 3.60. The Morgan fingerprint density at radius 3 is 3.05 bits per heavy atom. The summed E-state index contributed by atoms with van der Waals surface area (Å²) in [4.78, 5) is 6.96. The number of likely N-dealkylation sites (tertiary alicyclic amines) is 1. The molecule has 3 heterocycles. The highest BCUT2D eigenvalue weighted by atomic mass is 15.2. The van der Waals surface area contributed by atoms with Gasteiger partial charge >= 0.3 is 0 Å². The minimum Gasteiger partial charge on any atom is -0.289 e. The van der Waals surface area contributed by atoms with Crippen molar-refractivity contribution >= 4 is 0 Å². The van der Waals surface area contributed by atoms with Crippen molar-refractivity contribution in [1.82, 2.24) is 20.1 Å². The van der Waals surface area contributed by atoms with E-state index in [2.05, 4.69) is 39.1 Å².